The molecule has 0 nitrogen and oxygen atoms in total. The van der Waals surface area contributed by atoms with Crippen LogP contribution >= 0.6 is 0 Å². The largest absolute Gasteiger partial charge is 0.0885 e. The number of unbranched alkanes of at least 4 members (excludes halogenated alkanes) is 20. The molecule has 0 aromatic carbocycles. The van der Waals surface area contributed by atoms with E-state index in [1.165, 1.54) is 148 Å². The highest BCUT2D eigenvalue weighted by atomic mass is 14.0. The van der Waals surface area contributed by atoms with E-state index in [1.807, 2.05) is 0 Å². The van der Waals surface area contributed by atoms with Gasteiger partial charge in [0.2, 0.25) is 0 Å². The predicted octanol–water partition coefficient (Wildman–Crippen LogP) is 11.9. The standard InChI is InChI=1S/C32H59/c1-3-5-7-9-11-13-15-17-19-21-23-25-27-29-31-32-30-28-26-24-22-20-18-16-14-12-10-8-6-4-2/h11,13-14,16,26,31-32H,3-10,12,15,17-25,27-30H2,1-2H3/b13-11-,16-14+,32-31+. The minimum atomic E-state index is 1.24. The first-order valence-electron chi connectivity index (χ1n) is 14.7. The molecular formula is C32H59. The topological polar surface area (TPSA) is 0 Å². The molecule has 1 radical (unpaired) electrons. The Kier molecular flexibility index (Phi) is 29.5. The maximum atomic E-state index is 2.50. The molecule has 187 valence electrons. The highest BCUT2D eigenvalue weighted by Gasteiger charge is 1.92. The fourth-order valence-corrected chi connectivity index (χ4v) is 4.05. The third-order valence-electron chi connectivity index (χ3n) is 6.26. The Hall–Kier alpha value is -0.780. The second kappa shape index (κ2) is 30.2. The summed E-state index contributed by atoms with van der Waals surface area (Å²) < 4.78 is 0. The first-order chi connectivity index (χ1) is 15.9. The van der Waals surface area contributed by atoms with E-state index in [0.717, 1.165) is 0 Å². The van der Waals surface area contributed by atoms with Crippen LogP contribution in [0.3, 0.4) is 0 Å². The molecule has 0 rings (SSSR count). The Morgan fingerprint density at radius 1 is 0.281 bits per heavy atom. The summed E-state index contributed by atoms with van der Waals surface area (Å²) >= 11 is 0. The van der Waals surface area contributed by atoms with Crippen molar-refractivity contribution in [1.82, 2.24) is 0 Å². The van der Waals surface area contributed by atoms with Gasteiger partial charge in [0.25, 0.3) is 0 Å². The van der Waals surface area contributed by atoms with Gasteiger partial charge in [-0.2, -0.15) is 0 Å². The van der Waals surface area contributed by atoms with Gasteiger partial charge in [0.15, 0.2) is 0 Å². The number of allylic oxidation sites excluding steroid dienone is 6. The lowest BCUT2D eigenvalue weighted by molar-refractivity contribution is 0.599. The second-order valence-electron chi connectivity index (χ2n) is 9.61. The van der Waals surface area contributed by atoms with Gasteiger partial charge in [0.05, 0.1) is 0 Å². The van der Waals surface area contributed by atoms with Crippen molar-refractivity contribution in [3.8, 4) is 0 Å². The Labute approximate surface area is 204 Å². The van der Waals surface area contributed by atoms with Gasteiger partial charge in [-0.05, 0) is 83.5 Å². The van der Waals surface area contributed by atoms with Crippen molar-refractivity contribution in [3.63, 3.8) is 0 Å². The molecule has 32 heavy (non-hydrogen) atoms. The third-order valence-corrected chi connectivity index (χ3v) is 6.26. The maximum Gasteiger partial charge on any atom is -0.0348 e. The fraction of sp³-hybridized carbons (Fsp3) is 0.781. The molecule has 0 spiro atoms. The van der Waals surface area contributed by atoms with E-state index in [0.29, 0.717) is 0 Å². The van der Waals surface area contributed by atoms with E-state index >= 15 is 0 Å². The zero-order chi connectivity index (χ0) is 23.2. The lowest BCUT2D eigenvalue weighted by atomic mass is 10.1. The van der Waals surface area contributed by atoms with Crippen LogP contribution in [0.5, 0.6) is 0 Å². The zero-order valence-electron chi connectivity index (χ0n) is 22.3. The summed E-state index contributed by atoms with van der Waals surface area (Å²) in [5.41, 5.74) is 0. The van der Waals surface area contributed by atoms with Gasteiger partial charge in [-0.15, -0.1) is 0 Å². The smallest absolute Gasteiger partial charge is 0.0348 e. The van der Waals surface area contributed by atoms with Gasteiger partial charge in [0.1, 0.15) is 0 Å². The fourth-order valence-electron chi connectivity index (χ4n) is 4.05. The Bertz CT molecular complexity index is 400. The molecule has 0 N–H and O–H groups in total. The van der Waals surface area contributed by atoms with Gasteiger partial charge >= 0.3 is 0 Å². The van der Waals surface area contributed by atoms with Gasteiger partial charge in [-0.3, -0.25) is 0 Å². The molecule has 0 aliphatic carbocycles. The summed E-state index contributed by atoms with van der Waals surface area (Å²) in [6.45, 7) is 4.56. The lowest BCUT2D eigenvalue weighted by Crippen LogP contribution is -1.80. The zero-order valence-corrected chi connectivity index (χ0v) is 22.3. The predicted molar refractivity (Wildman–Crippen MR) is 149 cm³/mol. The molecule has 0 aromatic rings. The summed E-state index contributed by atoms with van der Waals surface area (Å²) in [5, 5.41) is 0. The molecular weight excluding hydrogens is 384 g/mol. The molecule has 0 heterocycles. The molecule has 0 aliphatic rings. The van der Waals surface area contributed by atoms with Gasteiger partial charge in [-0.1, -0.05) is 121 Å². The Morgan fingerprint density at radius 3 is 1.09 bits per heavy atom. The van der Waals surface area contributed by atoms with Crippen LogP contribution in [0.2, 0.25) is 0 Å². The molecule has 0 unspecified atom stereocenters. The van der Waals surface area contributed by atoms with Crippen LogP contribution in [-0.2, 0) is 0 Å². The Morgan fingerprint density at radius 2 is 0.594 bits per heavy atom. The van der Waals surface area contributed by atoms with Crippen LogP contribution in [0.4, 0.5) is 0 Å². The molecule has 0 saturated heterocycles. The Balaban J connectivity index is 3.15. The van der Waals surface area contributed by atoms with Crippen molar-refractivity contribution in [3.05, 3.63) is 42.9 Å². The van der Waals surface area contributed by atoms with Crippen molar-refractivity contribution in [2.45, 2.75) is 162 Å². The van der Waals surface area contributed by atoms with Crippen LogP contribution in [0, 0.1) is 6.42 Å². The lowest BCUT2D eigenvalue weighted by Gasteiger charge is -2.00. The van der Waals surface area contributed by atoms with Crippen LogP contribution in [0.25, 0.3) is 0 Å². The van der Waals surface area contributed by atoms with Crippen LogP contribution < -0.4 is 0 Å². The van der Waals surface area contributed by atoms with Gasteiger partial charge in [0, 0.05) is 0 Å². The molecule has 0 saturated carbocycles. The minimum absolute atomic E-state index is 1.24. The first kappa shape index (κ1) is 31.2. The van der Waals surface area contributed by atoms with Crippen molar-refractivity contribution in [1.29, 1.82) is 0 Å². The molecule has 0 amide bonds. The van der Waals surface area contributed by atoms with Crippen LogP contribution in [0.15, 0.2) is 36.5 Å². The second-order valence-corrected chi connectivity index (χ2v) is 9.61. The van der Waals surface area contributed by atoms with E-state index in [4.69, 9.17) is 0 Å². The average molecular weight is 444 g/mol. The van der Waals surface area contributed by atoms with Crippen molar-refractivity contribution in [2.24, 2.45) is 0 Å². The molecule has 0 heteroatoms. The van der Waals surface area contributed by atoms with Crippen LogP contribution in [-0.4, -0.2) is 0 Å². The van der Waals surface area contributed by atoms with Crippen molar-refractivity contribution in [2.75, 3.05) is 0 Å². The van der Waals surface area contributed by atoms with Crippen molar-refractivity contribution >= 4 is 0 Å². The molecule has 0 atom stereocenters. The average Bonchev–Trinajstić information content (AvgIpc) is 2.81. The van der Waals surface area contributed by atoms with Gasteiger partial charge in [-0.25, -0.2) is 0 Å². The molecule has 0 fully saturated rings. The molecule has 0 aliphatic heterocycles. The number of rotatable bonds is 26. The summed E-state index contributed by atoms with van der Waals surface area (Å²) in [7, 11) is 0. The summed E-state index contributed by atoms with van der Waals surface area (Å²) in [4.78, 5) is 0. The van der Waals surface area contributed by atoms with Gasteiger partial charge < -0.3 is 0 Å². The third kappa shape index (κ3) is 29.2. The number of hydrogen-bond donors (Lipinski definition) is 0. The minimum Gasteiger partial charge on any atom is -0.0885 e. The normalized spacial score (nSPS) is 12.2. The maximum absolute atomic E-state index is 2.50. The molecule has 0 aromatic heterocycles. The van der Waals surface area contributed by atoms with E-state index < -0.39 is 0 Å². The van der Waals surface area contributed by atoms with E-state index in [-0.39, 0.29) is 0 Å². The molecule has 0 bridgehead atoms. The van der Waals surface area contributed by atoms with E-state index in [1.54, 1.807) is 0 Å². The summed E-state index contributed by atoms with van der Waals surface area (Å²) in [5.74, 6) is 0. The highest BCUT2D eigenvalue weighted by Crippen LogP contribution is 2.11. The SMILES string of the molecule is CCCCC/C=C\CCCCCCCC/C=C/CC[CH]CCCC/C=C/CCCCCC. The highest BCUT2D eigenvalue weighted by molar-refractivity contribution is 4.84. The van der Waals surface area contributed by atoms with E-state index in [2.05, 4.69) is 56.7 Å². The van der Waals surface area contributed by atoms with Crippen LogP contribution in [0.1, 0.15) is 162 Å². The monoisotopic (exact) mass is 443 g/mol. The summed E-state index contributed by atoms with van der Waals surface area (Å²) in [6.07, 6.45) is 47.9. The number of hydrogen-bond acceptors (Lipinski definition) is 0. The van der Waals surface area contributed by atoms with E-state index in [9.17, 15) is 0 Å². The first-order valence-corrected chi connectivity index (χ1v) is 14.7. The quantitative estimate of drug-likeness (QED) is 0.0920. The van der Waals surface area contributed by atoms with Crippen molar-refractivity contribution < 1.29 is 0 Å². The summed E-state index contributed by atoms with van der Waals surface area (Å²) in [6, 6.07) is 0.